The number of aromatic nitrogens is 5. The van der Waals surface area contributed by atoms with Gasteiger partial charge < -0.3 is 15.0 Å². The monoisotopic (exact) mass is 286 g/mol. The molecule has 0 saturated heterocycles. The van der Waals surface area contributed by atoms with Gasteiger partial charge in [-0.15, -0.1) is 5.10 Å². The van der Waals surface area contributed by atoms with Crippen LogP contribution in [0.25, 0.3) is 5.65 Å². The number of pyridine rings is 2. The summed E-state index contributed by atoms with van der Waals surface area (Å²) < 4.78 is 6.26. The second-order valence-electron chi connectivity index (χ2n) is 4.10. The Balaban J connectivity index is 1.91. The Hall–Kier alpha value is -3.23. The molecule has 0 saturated carbocycles. The molecule has 106 valence electrons. The minimum Gasteiger partial charge on any atom is -0.491 e. The maximum absolute atomic E-state index is 12.1. The Morgan fingerprint density at radius 1 is 1.48 bits per heavy atom. The van der Waals surface area contributed by atoms with Crippen LogP contribution in [0.15, 0.2) is 35.4 Å². The van der Waals surface area contributed by atoms with E-state index in [1.165, 1.54) is 17.8 Å². The molecule has 0 aliphatic rings. The van der Waals surface area contributed by atoms with Gasteiger partial charge in [0.05, 0.1) is 12.8 Å². The Kier molecular flexibility index (Phi) is 3.07. The normalized spacial score (nSPS) is 10.5. The highest BCUT2D eigenvalue weighted by atomic mass is 16.5. The van der Waals surface area contributed by atoms with E-state index in [9.17, 15) is 9.59 Å². The highest BCUT2D eigenvalue weighted by molar-refractivity contribution is 6.04. The maximum atomic E-state index is 12.1. The summed E-state index contributed by atoms with van der Waals surface area (Å²) in [4.78, 5) is 26.5. The molecular formula is C12H10N6O3. The number of methoxy groups -OCH3 is 1. The predicted octanol–water partition coefficient (Wildman–Crippen LogP) is 0.0735. The number of nitrogens with zero attached hydrogens (tertiary/aromatic N) is 4. The third-order valence-electron chi connectivity index (χ3n) is 2.81. The molecule has 3 heterocycles. The van der Waals surface area contributed by atoms with Crippen LogP contribution in [0.5, 0.6) is 5.75 Å². The number of rotatable bonds is 3. The third-order valence-corrected chi connectivity index (χ3v) is 2.81. The Morgan fingerprint density at radius 3 is 3.10 bits per heavy atom. The standard InChI is InChI=1S/C12H10N6O3/c1-21-10-6-13-8(5-9(10)19)12(20)14-7-3-2-4-18-11(7)15-16-17-18/h2-6H,1H3,(H,13,19)(H,14,20). The number of fused-ring (bicyclic) bond motifs is 1. The molecule has 2 N–H and O–H groups in total. The smallest absolute Gasteiger partial charge is 0.272 e. The summed E-state index contributed by atoms with van der Waals surface area (Å²) in [6.45, 7) is 0. The molecule has 9 nitrogen and oxygen atoms in total. The fraction of sp³-hybridized carbons (Fsp3) is 0.0833. The molecule has 0 atom stereocenters. The lowest BCUT2D eigenvalue weighted by molar-refractivity contribution is 0.102. The number of hydrogen-bond acceptors (Lipinski definition) is 6. The minimum atomic E-state index is -0.481. The number of tetrazole rings is 1. The maximum Gasteiger partial charge on any atom is 0.272 e. The Morgan fingerprint density at radius 2 is 2.33 bits per heavy atom. The van der Waals surface area contributed by atoms with Crippen molar-refractivity contribution in [3.63, 3.8) is 0 Å². The molecule has 0 aliphatic carbocycles. The molecule has 3 aromatic rings. The highest BCUT2D eigenvalue weighted by Crippen LogP contribution is 2.13. The first-order valence-corrected chi connectivity index (χ1v) is 5.94. The lowest BCUT2D eigenvalue weighted by Gasteiger charge is -2.06. The largest absolute Gasteiger partial charge is 0.491 e. The molecular weight excluding hydrogens is 276 g/mol. The number of anilines is 1. The molecule has 3 rings (SSSR count). The lowest BCUT2D eigenvalue weighted by Crippen LogP contribution is -2.17. The van der Waals surface area contributed by atoms with Crippen molar-refractivity contribution in [2.45, 2.75) is 0 Å². The average Bonchev–Trinajstić information content (AvgIpc) is 2.96. The van der Waals surface area contributed by atoms with Crippen molar-refractivity contribution in [2.75, 3.05) is 12.4 Å². The average molecular weight is 286 g/mol. The van der Waals surface area contributed by atoms with Gasteiger partial charge in [-0.1, -0.05) is 0 Å². The minimum absolute atomic E-state index is 0.107. The van der Waals surface area contributed by atoms with Gasteiger partial charge in [0.1, 0.15) is 5.69 Å². The van der Waals surface area contributed by atoms with Crippen molar-refractivity contribution < 1.29 is 9.53 Å². The zero-order valence-electron chi connectivity index (χ0n) is 10.9. The van der Waals surface area contributed by atoms with Gasteiger partial charge in [-0.25, -0.2) is 0 Å². The van der Waals surface area contributed by atoms with Crippen molar-refractivity contribution in [1.82, 2.24) is 25.0 Å². The molecule has 9 heteroatoms. The van der Waals surface area contributed by atoms with Gasteiger partial charge in [-0.3, -0.25) is 9.59 Å². The van der Waals surface area contributed by atoms with Gasteiger partial charge in [0.25, 0.3) is 5.91 Å². The summed E-state index contributed by atoms with van der Waals surface area (Å²) in [6, 6.07) is 4.51. The van der Waals surface area contributed by atoms with E-state index in [-0.39, 0.29) is 16.9 Å². The van der Waals surface area contributed by atoms with Crippen LogP contribution in [0, 0.1) is 0 Å². The number of carbonyl (C=O) groups is 1. The van der Waals surface area contributed by atoms with Crippen molar-refractivity contribution in [3.8, 4) is 5.75 Å². The van der Waals surface area contributed by atoms with Crippen molar-refractivity contribution in [1.29, 1.82) is 0 Å². The van der Waals surface area contributed by atoms with Gasteiger partial charge >= 0.3 is 0 Å². The number of carbonyl (C=O) groups excluding carboxylic acids is 1. The molecule has 0 bridgehead atoms. The van der Waals surface area contributed by atoms with Crippen LogP contribution in [-0.2, 0) is 0 Å². The summed E-state index contributed by atoms with van der Waals surface area (Å²) in [7, 11) is 1.38. The summed E-state index contributed by atoms with van der Waals surface area (Å²) in [5, 5.41) is 13.7. The zero-order chi connectivity index (χ0) is 14.8. The second-order valence-corrected chi connectivity index (χ2v) is 4.10. The molecule has 3 aromatic heterocycles. The molecule has 0 aromatic carbocycles. The fourth-order valence-corrected chi connectivity index (χ4v) is 1.80. The van der Waals surface area contributed by atoms with E-state index < -0.39 is 5.91 Å². The van der Waals surface area contributed by atoms with Gasteiger partial charge in [-0.2, -0.15) is 4.52 Å². The van der Waals surface area contributed by atoms with E-state index in [4.69, 9.17) is 4.74 Å². The van der Waals surface area contributed by atoms with Crippen LogP contribution in [-0.4, -0.2) is 38.0 Å². The lowest BCUT2D eigenvalue weighted by atomic mass is 10.3. The van der Waals surface area contributed by atoms with Gasteiger partial charge in [0, 0.05) is 18.5 Å². The zero-order valence-corrected chi connectivity index (χ0v) is 10.9. The molecule has 0 spiro atoms. The molecule has 0 radical (unpaired) electrons. The predicted molar refractivity (Wildman–Crippen MR) is 72.3 cm³/mol. The summed E-state index contributed by atoms with van der Waals surface area (Å²) in [6.07, 6.45) is 2.98. The number of amides is 1. The van der Waals surface area contributed by atoms with Crippen molar-refractivity contribution >= 4 is 17.2 Å². The van der Waals surface area contributed by atoms with Crippen LogP contribution < -0.4 is 15.5 Å². The second kappa shape index (κ2) is 5.04. The van der Waals surface area contributed by atoms with Gasteiger partial charge in [-0.05, 0) is 22.6 Å². The van der Waals surface area contributed by atoms with Gasteiger partial charge in [0.15, 0.2) is 5.75 Å². The first-order chi connectivity index (χ1) is 10.2. The summed E-state index contributed by atoms with van der Waals surface area (Å²) >= 11 is 0. The molecule has 0 unspecified atom stereocenters. The summed E-state index contributed by atoms with van der Waals surface area (Å²) in [5.41, 5.74) is 0.560. The molecule has 21 heavy (non-hydrogen) atoms. The summed E-state index contributed by atoms with van der Waals surface area (Å²) in [5.74, 6) is -0.346. The van der Waals surface area contributed by atoms with E-state index in [1.807, 2.05) is 0 Å². The number of nitrogens with one attached hydrogen (secondary N) is 2. The van der Waals surface area contributed by atoms with E-state index in [0.717, 1.165) is 6.07 Å². The van der Waals surface area contributed by atoms with Crippen LogP contribution in [0.4, 0.5) is 5.69 Å². The quantitative estimate of drug-likeness (QED) is 0.704. The van der Waals surface area contributed by atoms with Crippen LogP contribution in [0.2, 0.25) is 0 Å². The van der Waals surface area contributed by atoms with E-state index in [2.05, 4.69) is 25.8 Å². The topological polar surface area (TPSA) is 114 Å². The number of hydrogen-bond donors (Lipinski definition) is 2. The van der Waals surface area contributed by atoms with Crippen LogP contribution >= 0.6 is 0 Å². The van der Waals surface area contributed by atoms with E-state index in [0.29, 0.717) is 11.3 Å². The molecule has 1 amide bonds. The fourth-order valence-electron chi connectivity index (χ4n) is 1.80. The van der Waals surface area contributed by atoms with E-state index >= 15 is 0 Å². The molecule has 0 fully saturated rings. The highest BCUT2D eigenvalue weighted by Gasteiger charge is 2.12. The van der Waals surface area contributed by atoms with Crippen LogP contribution in [0.3, 0.4) is 0 Å². The first-order valence-electron chi connectivity index (χ1n) is 5.94. The van der Waals surface area contributed by atoms with E-state index in [1.54, 1.807) is 18.3 Å². The Labute approximate surface area is 117 Å². The van der Waals surface area contributed by atoms with Crippen molar-refractivity contribution in [3.05, 3.63) is 46.5 Å². The first kappa shape index (κ1) is 12.8. The number of H-pyrrole nitrogens is 1. The van der Waals surface area contributed by atoms with Crippen molar-refractivity contribution in [2.24, 2.45) is 0 Å². The number of ether oxygens (including phenoxy) is 1. The number of aromatic amines is 1. The van der Waals surface area contributed by atoms with Crippen LogP contribution in [0.1, 0.15) is 10.5 Å². The molecule has 0 aliphatic heterocycles. The third kappa shape index (κ3) is 2.31. The Bertz CT molecular complexity index is 869. The SMILES string of the molecule is COc1c[nH]c(C(=O)Nc2cccn3nnnc23)cc1=O. The van der Waals surface area contributed by atoms with Gasteiger partial charge in [0.2, 0.25) is 11.1 Å².